The van der Waals surface area contributed by atoms with E-state index in [1.807, 2.05) is 30.3 Å². The summed E-state index contributed by atoms with van der Waals surface area (Å²) < 4.78 is 0. The number of likely N-dealkylation sites (N-methyl/N-ethyl adjacent to an activating group) is 1. The third-order valence-corrected chi connectivity index (χ3v) is 5.25. The number of amides is 1. The standard InChI is InChI=1S/C21H26ClN3O/c1-2-25-12-6-9-18(25)15-23-14-16-7-5-8-17(13-16)24-21(26)19-10-3-4-11-20(19)22/h3-5,7-8,10-11,13,18,23H,2,6,9,12,14-15H2,1H3,(H,24,26)/t18-/m0/s1. The topological polar surface area (TPSA) is 44.4 Å². The summed E-state index contributed by atoms with van der Waals surface area (Å²) in [5, 5.41) is 6.94. The van der Waals surface area contributed by atoms with Crippen LogP contribution in [0.2, 0.25) is 5.02 Å². The molecule has 0 aliphatic carbocycles. The minimum Gasteiger partial charge on any atom is -0.322 e. The monoisotopic (exact) mass is 371 g/mol. The minimum atomic E-state index is -0.190. The van der Waals surface area contributed by atoms with E-state index < -0.39 is 0 Å². The lowest BCUT2D eigenvalue weighted by molar-refractivity contribution is 0.102. The van der Waals surface area contributed by atoms with Crippen LogP contribution in [0.3, 0.4) is 0 Å². The second-order valence-corrected chi connectivity index (χ2v) is 7.10. The summed E-state index contributed by atoms with van der Waals surface area (Å²) in [4.78, 5) is 14.9. The van der Waals surface area contributed by atoms with Gasteiger partial charge in [0.2, 0.25) is 0 Å². The Morgan fingerprint density at radius 2 is 2.08 bits per heavy atom. The van der Waals surface area contributed by atoms with Crippen LogP contribution in [0.25, 0.3) is 0 Å². The van der Waals surface area contributed by atoms with Gasteiger partial charge < -0.3 is 10.6 Å². The Bertz CT molecular complexity index is 750. The normalized spacial score (nSPS) is 17.4. The summed E-state index contributed by atoms with van der Waals surface area (Å²) >= 11 is 6.10. The number of carbonyl (C=O) groups is 1. The lowest BCUT2D eigenvalue weighted by Gasteiger charge is -2.23. The molecule has 0 aromatic heterocycles. The Labute approximate surface area is 160 Å². The van der Waals surface area contributed by atoms with Crippen LogP contribution in [0.5, 0.6) is 0 Å². The Balaban J connectivity index is 1.55. The summed E-state index contributed by atoms with van der Waals surface area (Å²) in [5.41, 5.74) is 2.42. The van der Waals surface area contributed by atoms with E-state index in [9.17, 15) is 4.79 Å². The fraction of sp³-hybridized carbons (Fsp3) is 0.381. The van der Waals surface area contributed by atoms with Crippen molar-refractivity contribution in [2.75, 3.05) is 25.0 Å². The molecule has 1 aliphatic heterocycles. The molecule has 4 nitrogen and oxygen atoms in total. The zero-order chi connectivity index (χ0) is 18.4. The number of nitrogens with one attached hydrogen (secondary N) is 2. The van der Waals surface area contributed by atoms with Gasteiger partial charge in [-0.2, -0.15) is 0 Å². The first-order chi connectivity index (χ1) is 12.7. The highest BCUT2D eigenvalue weighted by Crippen LogP contribution is 2.18. The molecule has 1 saturated heterocycles. The molecule has 0 unspecified atom stereocenters. The van der Waals surface area contributed by atoms with E-state index in [0.717, 1.165) is 30.9 Å². The van der Waals surface area contributed by atoms with Crippen molar-refractivity contribution in [3.63, 3.8) is 0 Å². The molecular weight excluding hydrogens is 346 g/mol. The van der Waals surface area contributed by atoms with Gasteiger partial charge in [-0.3, -0.25) is 9.69 Å². The third kappa shape index (κ3) is 4.85. The highest BCUT2D eigenvalue weighted by Gasteiger charge is 2.22. The number of rotatable bonds is 7. The first-order valence-electron chi connectivity index (χ1n) is 9.27. The zero-order valence-electron chi connectivity index (χ0n) is 15.2. The Morgan fingerprint density at radius 3 is 2.88 bits per heavy atom. The van der Waals surface area contributed by atoms with Crippen LogP contribution in [-0.4, -0.2) is 36.5 Å². The Hall–Kier alpha value is -1.88. The fourth-order valence-electron chi connectivity index (χ4n) is 3.53. The van der Waals surface area contributed by atoms with Gasteiger partial charge in [0, 0.05) is 24.8 Å². The maximum Gasteiger partial charge on any atom is 0.257 e. The fourth-order valence-corrected chi connectivity index (χ4v) is 3.75. The highest BCUT2D eigenvalue weighted by atomic mass is 35.5. The van der Waals surface area contributed by atoms with Gasteiger partial charge in [0.15, 0.2) is 0 Å². The van der Waals surface area contributed by atoms with E-state index in [1.54, 1.807) is 12.1 Å². The molecule has 3 rings (SSSR count). The van der Waals surface area contributed by atoms with Crippen molar-refractivity contribution in [1.29, 1.82) is 0 Å². The van der Waals surface area contributed by atoms with Gasteiger partial charge in [-0.15, -0.1) is 0 Å². The largest absolute Gasteiger partial charge is 0.322 e. The van der Waals surface area contributed by atoms with E-state index in [2.05, 4.69) is 28.5 Å². The predicted octanol–water partition coefficient (Wildman–Crippen LogP) is 4.17. The molecule has 26 heavy (non-hydrogen) atoms. The molecule has 0 spiro atoms. The smallest absolute Gasteiger partial charge is 0.257 e. The molecule has 1 aliphatic rings. The van der Waals surface area contributed by atoms with Crippen LogP contribution < -0.4 is 10.6 Å². The summed E-state index contributed by atoms with van der Waals surface area (Å²) in [6, 6.07) is 15.7. The summed E-state index contributed by atoms with van der Waals surface area (Å²) in [6.07, 6.45) is 2.57. The van der Waals surface area contributed by atoms with Crippen molar-refractivity contribution in [3.05, 3.63) is 64.7 Å². The molecular formula is C21H26ClN3O. The SMILES string of the molecule is CCN1CCC[C@H]1CNCc1cccc(NC(=O)c2ccccc2Cl)c1. The zero-order valence-corrected chi connectivity index (χ0v) is 15.9. The number of hydrogen-bond acceptors (Lipinski definition) is 3. The number of anilines is 1. The second-order valence-electron chi connectivity index (χ2n) is 6.69. The second kappa shape index (κ2) is 9.17. The van der Waals surface area contributed by atoms with E-state index in [-0.39, 0.29) is 5.91 Å². The van der Waals surface area contributed by atoms with Gasteiger partial charge in [-0.05, 0) is 55.8 Å². The number of nitrogens with zero attached hydrogens (tertiary/aromatic N) is 1. The van der Waals surface area contributed by atoms with Crippen molar-refractivity contribution in [3.8, 4) is 0 Å². The van der Waals surface area contributed by atoms with Gasteiger partial charge in [0.1, 0.15) is 0 Å². The molecule has 0 radical (unpaired) electrons. The average Bonchev–Trinajstić information content (AvgIpc) is 3.10. The van der Waals surface area contributed by atoms with Gasteiger partial charge in [0.05, 0.1) is 10.6 Å². The van der Waals surface area contributed by atoms with Gasteiger partial charge in [-0.1, -0.05) is 42.8 Å². The maximum absolute atomic E-state index is 12.4. The summed E-state index contributed by atoms with van der Waals surface area (Å²) in [5.74, 6) is -0.190. The summed E-state index contributed by atoms with van der Waals surface area (Å²) in [7, 11) is 0. The van der Waals surface area contributed by atoms with Crippen molar-refractivity contribution in [1.82, 2.24) is 10.2 Å². The van der Waals surface area contributed by atoms with E-state index in [4.69, 9.17) is 11.6 Å². The van der Waals surface area contributed by atoms with Crippen LogP contribution >= 0.6 is 11.6 Å². The molecule has 1 atom stereocenters. The van der Waals surface area contributed by atoms with Crippen molar-refractivity contribution in [2.24, 2.45) is 0 Å². The molecule has 1 fully saturated rings. The van der Waals surface area contributed by atoms with Crippen LogP contribution in [0.1, 0.15) is 35.7 Å². The van der Waals surface area contributed by atoms with Crippen molar-refractivity contribution < 1.29 is 4.79 Å². The van der Waals surface area contributed by atoms with Crippen LogP contribution in [0.4, 0.5) is 5.69 Å². The Morgan fingerprint density at radius 1 is 1.23 bits per heavy atom. The number of carbonyl (C=O) groups excluding carboxylic acids is 1. The van der Waals surface area contributed by atoms with Gasteiger partial charge >= 0.3 is 0 Å². The van der Waals surface area contributed by atoms with Crippen molar-refractivity contribution >= 4 is 23.2 Å². The highest BCUT2D eigenvalue weighted by molar-refractivity contribution is 6.34. The first kappa shape index (κ1) is 18.9. The molecule has 2 aromatic rings. The predicted molar refractivity (Wildman–Crippen MR) is 108 cm³/mol. The molecule has 138 valence electrons. The van der Waals surface area contributed by atoms with E-state index >= 15 is 0 Å². The first-order valence-corrected chi connectivity index (χ1v) is 9.64. The lowest BCUT2D eigenvalue weighted by atomic mass is 10.1. The summed E-state index contributed by atoms with van der Waals surface area (Å²) in [6.45, 7) is 6.36. The van der Waals surface area contributed by atoms with Gasteiger partial charge in [0.25, 0.3) is 5.91 Å². The Kier molecular flexibility index (Phi) is 6.67. The maximum atomic E-state index is 12.4. The number of benzene rings is 2. The van der Waals surface area contributed by atoms with Crippen LogP contribution in [0.15, 0.2) is 48.5 Å². The quantitative estimate of drug-likeness (QED) is 0.767. The molecule has 2 N–H and O–H groups in total. The molecule has 5 heteroatoms. The van der Waals surface area contributed by atoms with E-state index in [0.29, 0.717) is 16.6 Å². The minimum absolute atomic E-state index is 0.190. The molecule has 0 bridgehead atoms. The molecule has 1 heterocycles. The number of hydrogen-bond donors (Lipinski definition) is 2. The van der Waals surface area contributed by atoms with Gasteiger partial charge in [-0.25, -0.2) is 0 Å². The lowest BCUT2D eigenvalue weighted by Crippen LogP contribution is -2.37. The number of likely N-dealkylation sites (tertiary alicyclic amines) is 1. The van der Waals surface area contributed by atoms with Crippen LogP contribution in [0, 0.1) is 0 Å². The third-order valence-electron chi connectivity index (χ3n) is 4.92. The molecule has 2 aromatic carbocycles. The van der Waals surface area contributed by atoms with E-state index in [1.165, 1.54) is 19.4 Å². The average molecular weight is 372 g/mol. The number of halogens is 1. The van der Waals surface area contributed by atoms with Crippen molar-refractivity contribution in [2.45, 2.75) is 32.4 Å². The van der Waals surface area contributed by atoms with Crippen LogP contribution in [-0.2, 0) is 6.54 Å². The molecule has 0 saturated carbocycles. The molecule has 1 amide bonds.